The Bertz CT molecular complexity index is 576. The van der Waals surface area contributed by atoms with Crippen LogP contribution in [0.1, 0.15) is 33.0 Å². The molecule has 0 aliphatic rings. The van der Waals surface area contributed by atoms with Crippen LogP contribution in [0, 0.1) is 5.92 Å². The molecule has 0 saturated heterocycles. The quantitative estimate of drug-likeness (QED) is 0.852. The van der Waals surface area contributed by atoms with Gasteiger partial charge in [-0.2, -0.15) is 0 Å². The molecule has 1 heterocycles. The number of rotatable bonds is 7. The van der Waals surface area contributed by atoms with Crippen molar-refractivity contribution in [3.8, 4) is 0 Å². The van der Waals surface area contributed by atoms with E-state index in [1.165, 1.54) is 5.52 Å². The van der Waals surface area contributed by atoms with Crippen LogP contribution in [-0.2, 0) is 17.7 Å². The first-order valence-electron chi connectivity index (χ1n) is 7.81. The van der Waals surface area contributed by atoms with Gasteiger partial charge in [0.05, 0.1) is 17.1 Å². The second kappa shape index (κ2) is 7.05. The van der Waals surface area contributed by atoms with E-state index in [4.69, 9.17) is 15.5 Å². The third kappa shape index (κ3) is 3.44. The first-order valence-corrected chi connectivity index (χ1v) is 7.81. The van der Waals surface area contributed by atoms with Gasteiger partial charge in [-0.1, -0.05) is 32.9 Å². The fourth-order valence-electron chi connectivity index (χ4n) is 3.02. The molecule has 2 N–H and O–H groups in total. The number of para-hydroxylation sites is 2. The lowest BCUT2D eigenvalue weighted by Crippen LogP contribution is -2.41. The molecule has 0 radical (unpaired) electrons. The predicted octanol–water partition coefficient (Wildman–Crippen LogP) is 2.99. The molecule has 0 spiro atoms. The second-order valence-corrected chi connectivity index (χ2v) is 5.98. The maximum absolute atomic E-state index is 6.37. The Morgan fingerprint density at radius 3 is 2.62 bits per heavy atom. The number of hydrogen-bond donors (Lipinski definition) is 1. The van der Waals surface area contributed by atoms with Crippen molar-refractivity contribution < 1.29 is 4.74 Å². The van der Waals surface area contributed by atoms with E-state index in [2.05, 4.69) is 43.5 Å². The van der Waals surface area contributed by atoms with E-state index in [9.17, 15) is 0 Å². The molecule has 4 nitrogen and oxygen atoms in total. The minimum absolute atomic E-state index is 0.0394. The van der Waals surface area contributed by atoms with Gasteiger partial charge in [-0.15, -0.1) is 0 Å². The zero-order chi connectivity index (χ0) is 15.4. The summed E-state index contributed by atoms with van der Waals surface area (Å²) in [6.45, 7) is 7.44. The number of benzene rings is 1. The van der Waals surface area contributed by atoms with Crippen molar-refractivity contribution in [1.29, 1.82) is 0 Å². The number of hydrogen-bond acceptors (Lipinski definition) is 3. The molecule has 1 aromatic heterocycles. The first kappa shape index (κ1) is 16.0. The number of nitrogens with two attached hydrogens (primary N) is 1. The Labute approximate surface area is 127 Å². The highest BCUT2D eigenvalue weighted by Gasteiger charge is 2.23. The molecular formula is C17H27N3O. The molecule has 0 bridgehead atoms. The van der Waals surface area contributed by atoms with Gasteiger partial charge < -0.3 is 15.0 Å². The molecule has 0 aliphatic carbocycles. The van der Waals surface area contributed by atoms with Gasteiger partial charge in [0.1, 0.15) is 5.82 Å². The Hall–Kier alpha value is -1.39. The highest BCUT2D eigenvalue weighted by atomic mass is 16.5. The van der Waals surface area contributed by atoms with Gasteiger partial charge in [-0.25, -0.2) is 4.98 Å². The van der Waals surface area contributed by atoms with E-state index in [0.717, 1.165) is 30.7 Å². The number of fused-ring (bicyclic) bond motifs is 1. The van der Waals surface area contributed by atoms with E-state index in [0.29, 0.717) is 5.92 Å². The van der Waals surface area contributed by atoms with E-state index < -0.39 is 0 Å². The number of methoxy groups -OCH3 is 1. The summed E-state index contributed by atoms with van der Waals surface area (Å²) >= 11 is 0. The smallest absolute Gasteiger partial charge is 0.111 e. The van der Waals surface area contributed by atoms with Crippen LogP contribution in [0.25, 0.3) is 11.0 Å². The Morgan fingerprint density at radius 2 is 2.00 bits per heavy atom. The van der Waals surface area contributed by atoms with Crippen molar-refractivity contribution in [1.82, 2.24) is 9.55 Å². The second-order valence-electron chi connectivity index (χ2n) is 5.98. The summed E-state index contributed by atoms with van der Waals surface area (Å²) in [6.07, 6.45) is 1.88. The maximum Gasteiger partial charge on any atom is 0.111 e. The molecule has 0 amide bonds. The van der Waals surface area contributed by atoms with Crippen molar-refractivity contribution in [3.05, 3.63) is 30.1 Å². The van der Waals surface area contributed by atoms with E-state index in [1.54, 1.807) is 7.11 Å². The van der Waals surface area contributed by atoms with Gasteiger partial charge in [0.25, 0.3) is 0 Å². The minimum Gasteiger partial charge on any atom is -0.380 e. The van der Waals surface area contributed by atoms with Crippen LogP contribution in [0.15, 0.2) is 24.3 Å². The molecule has 2 unspecified atom stereocenters. The predicted molar refractivity (Wildman–Crippen MR) is 87.3 cm³/mol. The molecule has 2 rings (SSSR count). The maximum atomic E-state index is 6.37. The van der Waals surface area contributed by atoms with Crippen LogP contribution in [-0.4, -0.2) is 28.8 Å². The van der Waals surface area contributed by atoms with Crippen LogP contribution in [0.3, 0.4) is 0 Å². The van der Waals surface area contributed by atoms with Gasteiger partial charge in [0.15, 0.2) is 0 Å². The van der Waals surface area contributed by atoms with Crippen LogP contribution < -0.4 is 5.73 Å². The van der Waals surface area contributed by atoms with Crippen molar-refractivity contribution in [2.75, 3.05) is 7.11 Å². The first-order chi connectivity index (χ1) is 10.1. The molecule has 21 heavy (non-hydrogen) atoms. The van der Waals surface area contributed by atoms with Crippen molar-refractivity contribution in [2.45, 2.75) is 52.3 Å². The molecule has 0 aliphatic heterocycles. The number of aromatic nitrogens is 2. The molecular weight excluding hydrogens is 262 g/mol. The minimum atomic E-state index is -0.0394. The van der Waals surface area contributed by atoms with Crippen LogP contribution in [0.4, 0.5) is 0 Å². The standard InChI is InChI=1S/C17H27N3O/c1-5-10-20-15-9-7-6-8-14(15)19-16(20)11-13(18)17(21-4)12(2)3/h6-9,12-13,17H,5,10-11,18H2,1-4H3. The van der Waals surface area contributed by atoms with E-state index in [-0.39, 0.29) is 12.1 Å². The van der Waals surface area contributed by atoms with Gasteiger partial charge in [-0.05, 0) is 24.5 Å². The number of imidazole rings is 1. The average Bonchev–Trinajstić information content (AvgIpc) is 2.77. The third-order valence-corrected chi connectivity index (χ3v) is 3.95. The van der Waals surface area contributed by atoms with Gasteiger partial charge in [-0.3, -0.25) is 0 Å². The van der Waals surface area contributed by atoms with E-state index >= 15 is 0 Å². The van der Waals surface area contributed by atoms with Crippen LogP contribution in [0.2, 0.25) is 0 Å². The Morgan fingerprint density at radius 1 is 1.29 bits per heavy atom. The largest absolute Gasteiger partial charge is 0.380 e. The van der Waals surface area contributed by atoms with Crippen molar-refractivity contribution >= 4 is 11.0 Å². The normalized spacial score (nSPS) is 14.8. The highest BCUT2D eigenvalue weighted by molar-refractivity contribution is 5.75. The Kier molecular flexibility index (Phi) is 5.37. The lowest BCUT2D eigenvalue weighted by atomic mass is 9.97. The van der Waals surface area contributed by atoms with Crippen molar-refractivity contribution in [2.24, 2.45) is 11.7 Å². The summed E-state index contributed by atoms with van der Waals surface area (Å²) in [5, 5.41) is 0. The van der Waals surface area contributed by atoms with Crippen molar-refractivity contribution in [3.63, 3.8) is 0 Å². The number of nitrogens with zero attached hydrogens (tertiary/aromatic N) is 2. The molecule has 2 atom stereocenters. The summed E-state index contributed by atoms with van der Waals surface area (Å²) < 4.78 is 7.85. The summed E-state index contributed by atoms with van der Waals surface area (Å²) in [5.41, 5.74) is 8.61. The summed E-state index contributed by atoms with van der Waals surface area (Å²) in [7, 11) is 1.74. The zero-order valence-electron chi connectivity index (χ0n) is 13.5. The number of ether oxygens (including phenoxy) is 1. The monoisotopic (exact) mass is 289 g/mol. The fraction of sp³-hybridized carbons (Fsp3) is 0.588. The molecule has 1 aromatic carbocycles. The van der Waals surface area contributed by atoms with Crippen LogP contribution >= 0.6 is 0 Å². The highest BCUT2D eigenvalue weighted by Crippen LogP contribution is 2.19. The lowest BCUT2D eigenvalue weighted by Gasteiger charge is -2.26. The zero-order valence-corrected chi connectivity index (χ0v) is 13.5. The molecule has 0 saturated carbocycles. The molecule has 4 heteroatoms. The average molecular weight is 289 g/mol. The molecule has 116 valence electrons. The summed E-state index contributed by atoms with van der Waals surface area (Å²) in [6, 6.07) is 8.24. The Balaban J connectivity index is 2.30. The van der Waals surface area contributed by atoms with Crippen LogP contribution in [0.5, 0.6) is 0 Å². The molecule has 2 aromatic rings. The summed E-state index contributed by atoms with van der Waals surface area (Å²) in [5.74, 6) is 1.46. The SMILES string of the molecule is CCCn1c(CC(N)C(OC)C(C)C)nc2ccccc21. The number of aryl methyl sites for hydroxylation is 1. The van der Waals surface area contributed by atoms with E-state index in [1.807, 2.05) is 6.07 Å². The summed E-state index contributed by atoms with van der Waals surface area (Å²) in [4.78, 5) is 4.77. The van der Waals surface area contributed by atoms with Gasteiger partial charge in [0, 0.05) is 26.1 Å². The lowest BCUT2D eigenvalue weighted by molar-refractivity contribution is 0.0435. The topological polar surface area (TPSA) is 53.1 Å². The molecule has 0 fully saturated rings. The van der Waals surface area contributed by atoms with Gasteiger partial charge >= 0.3 is 0 Å². The fourth-order valence-corrected chi connectivity index (χ4v) is 3.02. The van der Waals surface area contributed by atoms with Gasteiger partial charge in [0.2, 0.25) is 0 Å². The third-order valence-electron chi connectivity index (χ3n) is 3.95.